The highest BCUT2D eigenvalue weighted by Gasteiger charge is 2.51. The standard InChI is InChI=1S/C20H27N7O2/c1-19(2)10-15-11-20(3,12-19)13-26(15)18-16(27(28)29)17(23-14-24-18)25(8-4-6-21)9-5-7-22/h14-15H,4-5,8-13H2,1-3H3. The molecule has 0 N–H and O–H groups in total. The van der Waals surface area contributed by atoms with E-state index in [0.717, 1.165) is 25.8 Å². The molecule has 2 fully saturated rings. The second-order valence-electron chi connectivity index (χ2n) is 9.27. The number of nitriles is 2. The number of rotatable bonds is 7. The maximum atomic E-state index is 12.1. The Kier molecular flexibility index (Phi) is 5.61. The largest absolute Gasteiger partial charge is 0.353 e. The molecule has 1 aliphatic heterocycles. The van der Waals surface area contributed by atoms with E-state index in [-0.39, 0.29) is 54.3 Å². The molecular weight excluding hydrogens is 370 g/mol. The zero-order valence-electron chi connectivity index (χ0n) is 17.3. The van der Waals surface area contributed by atoms with Crippen molar-refractivity contribution >= 4 is 17.3 Å². The number of hydrogen-bond acceptors (Lipinski definition) is 8. The van der Waals surface area contributed by atoms with E-state index < -0.39 is 4.92 Å². The Labute approximate surface area is 171 Å². The third-order valence-corrected chi connectivity index (χ3v) is 5.94. The molecular formula is C20H27N7O2. The van der Waals surface area contributed by atoms with Crippen LogP contribution >= 0.6 is 0 Å². The van der Waals surface area contributed by atoms with E-state index in [4.69, 9.17) is 10.5 Å². The number of nitro groups is 1. The highest BCUT2D eigenvalue weighted by Crippen LogP contribution is 2.54. The van der Waals surface area contributed by atoms with Gasteiger partial charge in [-0.15, -0.1) is 0 Å². The number of anilines is 2. The van der Waals surface area contributed by atoms with Crippen LogP contribution in [0.2, 0.25) is 0 Å². The second kappa shape index (κ2) is 7.82. The molecule has 3 rings (SSSR count). The van der Waals surface area contributed by atoms with Crippen molar-refractivity contribution in [2.75, 3.05) is 29.4 Å². The Morgan fingerprint density at radius 1 is 1.24 bits per heavy atom. The van der Waals surface area contributed by atoms with Crippen molar-refractivity contribution in [1.29, 1.82) is 10.5 Å². The molecule has 9 nitrogen and oxygen atoms in total. The molecule has 0 spiro atoms. The molecule has 1 aromatic rings. The topological polar surface area (TPSA) is 123 Å². The first-order valence-corrected chi connectivity index (χ1v) is 9.95. The minimum absolute atomic E-state index is 0.104. The van der Waals surface area contributed by atoms with Crippen LogP contribution in [-0.4, -0.2) is 40.6 Å². The van der Waals surface area contributed by atoms with Crippen LogP contribution in [0.5, 0.6) is 0 Å². The zero-order chi connectivity index (χ0) is 21.2. The fourth-order valence-corrected chi connectivity index (χ4v) is 5.37. The summed E-state index contributed by atoms with van der Waals surface area (Å²) in [6.07, 6.45) is 4.79. The smallest absolute Gasteiger partial charge is 0.349 e. The monoisotopic (exact) mass is 397 g/mol. The summed E-state index contributed by atoms with van der Waals surface area (Å²) >= 11 is 0. The van der Waals surface area contributed by atoms with Gasteiger partial charge in [-0.25, -0.2) is 9.97 Å². The third kappa shape index (κ3) is 4.24. The van der Waals surface area contributed by atoms with Crippen LogP contribution in [-0.2, 0) is 0 Å². The molecule has 1 saturated heterocycles. The van der Waals surface area contributed by atoms with E-state index in [0.29, 0.717) is 5.82 Å². The van der Waals surface area contributed by atoms with Crippen molar-refractivity contribution in [1.82, 2.24) is 9.97 Å². The van der Waals surface area contributed by atoms with Gasteiger partial charge in [0.15, 0.2) is 0 Å². The van der Waals surface area contributed by atoms with Gasteiger partial charge in [0.2, 0.25) is 11.6 Å². The first kappa shape index (κ1) is 20.8. The summed E-state index contributed by atoms with van der Waals surface area (Å²) < 4.78 is 0. The normalized spacial score (nSPS) is 24.6. The lowest BCUT2D eigenvalue weighted by molar-refractivity contribution is -0.383. The van der Waals surface area contributed by atoms with Gasteiger partial charge in [0, 0.05) is 25.7 Å². The van der Waals surface area contributed by atoms with Gasteiger partial charge in [0.05, 0.1) is 29.9 Å². The van der Waals surface area contributed by atoms with Gasteiger partial charge in [-0.1, -0.05) is 20.8 Å². The number of hydrogen-bond donors (Lipinski definition) is 0. The molecule has 1 aromatic heterocycles. The summed E-state index contributed by atoms with van der Waals surface area (Å²) in [6.45, 7) is 8.06. The lowest BCUT2D eigenvalue weighted by Crippen LogP contribution is -2.35. The zero-order valence-corrected chi connectivity index (χ0v) is 17.3. The molecule has 2 heterocycles. The molecule has 2 aliphatic rings. The lowest BCUT2D eigenvalue weighted by atomic mass is 9.65. The molecule has 2 bridgehead atoms. The van der Waals surface area contributed by atoms with E-state index in [1.54, 1.807) is 4.90 Å². The van der Waals surface area contributed by atoms with Crippen LogP contribution in [0.1, 0.15) is 52.9 Å². The highest BCUT2D eigenvalue weighted by molar-refractivity contribution is 5.72. The Bertz CT molecular complexity index is 855. The van der Waals surface area contributed by atoms with Gasteiger partial charge in [0.25, 0.3) is 0 Å². The van der Waals surface area contributed by atoms with Crippen molar-refractivity contribution in [3.8, 4) is 12.1 Å². The second-order valence-corrected chi connectivity index (χ2v) is 9.27. The van der Waals surface area contributed by atoms with Crippen LogP contribution < -0.4 is 9.80 Å². The molecule has 9 heteroatoms. The predicted molar refractivity (Wildman–Crippen MR) is 108 cm³/mol. The molecule has 1 saturated carbocycles. The predicted octanol–water partition coefficient (Wildman–Crippen LogP) is 3.42. The van der Waals surface area contributed by atoms with Gasteiger partial charge in [-0.05, 0) is 30.1 Å². The van der Waals surface area contributed by atoms with Crippen LogP contribution in [0.4, 0.5) is 17.3 Å². The van der Waals surface area contributed by atoms with Crippen molar-refractivity contribution in [3.63, 3.8) is 0 Å². The minimum atomic E-state index is -0.424. The quantitative estimate of drug-likeness (QED) is 0.506. The fourth-order valence-electron chi connectivity index (χ4n) is 5.37. The van der Waals surface area contributed by atoms with Gasteiger partial charge in [-0.3, -0.25) is 10.1 Å². The number of fused-ring (bicyclic) bond motifs is 2. The molecule has 2 atom stereocenters. The van der Waals surface area contributed by atoms with Gasteiger partial charge in [0.1, 0.15) is 6.33 Å². The van der Waals surface area contributed by atoms with Gasteiger partial charge < -0.3 is 9.80 Å². The fraction of sp³-hybridized carbons (Fsp3) is 0.700. The molecule has 0 radical (unpaired) electrons. The average Bonchev–Trinajstić information content (AvgIpc) is 2.89. The van der Waals surface area contributed by atoms with Crippen LogP contribution in [0.15, 0.2) is 6.33 Å². The van der Waals surface area contributed by atoms with E-state index in [9.17, 15) is 10.1 Å². The van der Waals surface area contributed by atoms with Gasteiger partial charge >= 0.3 is 5.69 Å². The van der Waals surface area contributed by atoms with Crippen molar-refractivity contribution < 1.29 is 4.92 Å². The van der Waals surface area contributed by atoms with E-state index in [1.807, 2.05) is 0 Å². The van der Waals surface area contributed by atoms with E-state index in [2.05, 4.69) is 47.8 Å². The Morgan fingerprint density at radius 2 is 1.90 bits per heavy atom. The summed E-state index contributed by atoms with van der Waals surface area (Å²) in [4.78, 5) is 24.0. The van der Waals surface area contributed by atoms with Crippen molar-refractivity contribution in [3.05, 3.63) is 16.4 Å². The molecule has 0 aromatic carbocycles. The molecule has 154 valence electrons. The third-order valence-electron chi connectivity index (χ3n) is 5.94. The Morgan fingerprint density at radius 3 is 2.48 bits per heavy atom. The molecule has 2 unspecified atom stereocenters. The Balaban J connectivity index is 2.03. The maximum Gasteiger partial charge on any atom is 0.353 e. The van der Waals surface area contributed by atoms with Crippen LogP contribution in [0, 0.1) is 43.6 Å². The average molecular weight is 397 g/mol. The maximum absolute atomic E-state index is 12.1. The summed E-state index contributed by atoms with van der Waals surface area (Å²) in [5, 5.41) is 30.0. The molecule has 0 amide bonds. The summed E-state index contributed by atoms with van der Waals surface area (Å²) in [5.74, 6) is 0.543. The molecule has 1 aliphatic carbocycles. The van der Waals surface area contributed by atoms with E-state index in [1.165, 1.54) is 6.33 Å². The Hall–Kier alpha value is -2.94. The van der Waals surface area contributed by atoms with Crippen molar-refractivity contribution in [2.24, 2.45) is 10.8 Å². The first-order valence-electron chi connectivity index (χ1n) is 9.95. The summed E-state index contributed by atoms with van der Waals surface area (Å²) in [5.41, 5.74) is 0.160. The lowest BCUT2D eigenvalue weighted by Gasteiger charge is -2.39. The highest BCUT2D eigenvalue weighted by atomic mass is 16.6. The van der Waals surface area contributed by atoms with E-state index >= 15 is 0 Å². The summed E-state index contributed by atoms with van der Waals surface area (Å²) in [7, 11) is 0. The minimum Gasteiger partial charge on any atom is -0.349 e. The van der Waals surface area contributed by atoms with Crippen molar-refractivity contribution in [2.45, 2.75) is 58.9 Å². The summed E-state index contributed by atoms with van der Waals surface area (Å²) in [6, 6.07) is 4.32. The van der Waals surface area contributed by atoms with Crippen LogP contribution in [0.25, 0.3) is 0 Å². The number of aromatic nitrogens is 2. The molecule has 29 heavy (non-hydrogen) atoms. The SMILES string of the molecule is CC1(C)CC2CC(C)(CN2c2ncnc(N(CCC#N)CCC#N)c2[N+](=O)[O-])C1. The van der Waals surface area contributed by atoms with Crippen LogP contribution in [0.3, 0.4) is 0 Å². The van der Waals surface area contributed by atoms with Gasteiger partial charge in [-0.2, -0.15) is 10.5 Å². The first-order chi connectivity index (χ1) is 13.7. The number of nitrogens with zero attached hydrogens (tertiary/aromatic N) is 7.